The van der Waals surface area contributed by atoms with Crippen LogP contribution in [0.4, 0.5) is 0 Å². The largest absolute Gasteiger partial charge is 0.493 e. The molecule has 1 aromatic carbocycles. The number of unbranched alkanes of at least 4 members (excludes halogenated alkanes) is 3. The predicted octanol–water partition coefficient (Wildman–Crippen LogP) is 4.41. The highest BCUT2D eigenvalue weighted by Crippen LogP contribution is 2.20. The molecule has 0 aliphatic rings. The van der Waals surface area contributed by atoms with Gasteiger partial charge in [-0.05, 0) is 30.9 Å². The number of ether oxygens (including phenoxy) is 1. The summed E-state index contributed by atoms with van der Waals surface area (Å²) in [5.41, 5.74) is 1.35. The lowest BCUT2D eigenvalue weighted by Gasteiger charge is -2.10. The number of hydrogen-bond acceptors (Lipinski definition) is 1. The maximum absolute atomic E-state index is 5.77. The maximum atomic E-state index is 5.77. The van der Waals surface area contributed by atoms with Crippen LogP contribution in [0.3, 0.4) is 0 Å². The average molecular weight is 219 g/mol. The number of para-hydroxylation sites is 1. The third-order valence-corrected chi connectivity index (χ3v) is 2.67. The zero-order chi connectivity index (χ0) is 11.6. The summed E-state index contributed by atoms with van der Waals surface area (Å²) in [5, 5.41) is 0. The first-order chi connectivity index (χ1) is 7.88. The first-order valence-corrected chi connectivity index (χ1v) is 6.38. The molecule has 1 rings (SSSR count). The van der Waals surface area contributed by atoms with E-state index in [2.05, 4.69) is 32.0 Å². The molecule has 0 spiro atoms. The van der Waals surface area contributed by atoms with Crippen molar-refractivity contribution in [3.63, 3.8) is 0 Å². The fourth-order valence-corrected chi connectivity index (χ4v) is 1.70. The van der Waals surface area contributed by atoms with Gasteiger partial charge in [-0.2, -0.15) is 0 Å². The molecule has 1 radical (unpaired) electrons. The Morgan fingerprint density at radius 3 is 2.69 bits per heavy atom. The van der Waals surface area contributed by atoms with Gasteiger partial charge in [0.25, 0.3) is 0 Å². The van der Waals surface area contributed by atoms with Crippen LogP contribution in [0.1, 0.15) is 44.6 Å². The van der Waals surface area contributed by atoms with Crippen LogP contribution in [0.5, 0.6) is 5.75 Å². The molecule has 0 amide bonds. The molecule has 0 atom stereocenters. The summed E-state index contributed by atoms with van der Waals surface area (Å²) in [6.45, 7) is 6.84. The first kappa shape index (κ1) is 13.1. The van der Waals surface area contributed by atoms with E-state index < -0.39 is 0 Å². The third kappa shape index (κ3) is 4.69. The van der Waals surface area contributed by atoms with Crippen molar-refractivity contribution in [1.82, 2.24) is 0 Å². The van der Waals surface area contributed by atoms with Crippen LogP contribution in [0.2, 0.25) is 0 Å². The van der Waals surface area contributed by atoms with E-state index in [0.29, 0.717) is 0 Å². The van der Waals surface area contributed by atoms with Gasteiger partial charge in [0.2, 0.25) is 0 Å². The lowest BCUT2D eigenvalue weighted by molar-refractivity contribution is 0.308. The molecule has 0 aliphatic heterocycles. The highest BCUT2D eigenvalue weighted by atomic mass is 16.5. The van der Waals surface area contributed by atoms with Gasteiger partial charge < -0.3 is 4.74 Å². The van der Waals surface area contributed by atoms with Crippen molar-refractivity contribution >= 4 is 0 Å². The molecule has 0 N–H and O–H groups in total. The van der Waals surface area contributed by atoms with Gasteiger partial charge in [0, 0.05) is 0 Å². The van der Waals surface area contributed by atoms with Crippen molar-refractivity contribution in [1.29, 1.82) is 0 Å². The highest BCUT2D eigenvalue weighted by molar-refractivity contribution is 5.33. The van der Waals surface area contributed by atoms with Crippen LogP contribution < -0.4 is 4.74 Å². The molecule has 16 heavy (non-hydrogen) atoms. The second kappa shape index (κ2) is 8.20. The molecule has 89 valence electrons. The van der Waals surface area contributed by atoms with Crippen LogP contribution >= 0.6 is 0 Å². The second-order valence-electron chi connectivity index (χ2n) is 4.12. The Labute approximate surface area is 99.8 Å². The summed E-state index contributed by atoms with van der Waals surface area (Å²) in [5.74, 6) is 1.06. The number of rotatable bonds is 8. The van der Waals surface area contributed by atoms with Crippen LogP contribution in [0.25, 0.3) is 0 Å². The molecule has 0 bridgehead atoms. The lowest BCUT2D eigenvalue weighted by Crippen LogP contribution is -1.99. The molecule has 0 saturated carbocycles. The maximum Gasteiger partial charge on any atom is 0.122 e. The van der Waals surface area contributed by atoms with Crippen molar-refractivity contribution in [3.05, 3.63) is 36.8 Å². The minimum atomic E-state index is 0.786. The summed E-state index contributed by atoms with van der Waals surface area (Å²) in [6, 6.07) is 8.39. The number of hydrogen-bond donors (Lipinski definition) is 0. The summed E-state index contributed by atoms with van der Waals surface area (Å²) in [7, 11) is 0. The molecule has 0 aromatic heterocycles. The Bertz CT molecular complexity index is 252. The van der Waals surface area contributed by atoms with Gasteiger partial charge in [-0.1, -0.05) is 51.3 Å². The van der Waals surface area contributed by atoms with Crippen LogP contribution in [0.15, 0.2) is 24.3 Å². The standard InChI is InChI=1S/C15H23O/c1-3-5-7-10-14-11-8-9-12-15(14)16-13-6-4-2/h8-9,11-12H,2-7,10,13H2,1H3. The van der Waals surface area contributed by atoms with E-state index in [1.165, 1.54) is 24.8 Å². The van der Waals surface area contributed by atoms with Gasteiger partial charge in [0.15, 0.2) is 0 Å². The fourth-order valence-electron chi connectivity index (χ4n) is 1.70. The zero-order valence-electron chi connectivity index (χ0n) is 10.4. The van der Waals surface area contributed by atoms with Crippen LogP contribution in [-0.2, 0) is 6.42 Å². The number of aryl methyl sites for hydroxylation is 1. The minimum absolute atomic E-state index is 0.786. The zero-order valence-corrected chi connectivity index (χ0v) is 10.4. The molecule has 0 heterocycles. The van der Waals surface area contributed by atoms with E-state index >= 15 is 0 Å². The molecule has 1 nitrogen and oxygen atoms in total. The van der Waals surface area contributed by atoms with Gasteiger partial charge in [-0.15, -0.1) is 0 Å². The molecule has 1 aromatic rings. The van der Waals surface area contributed by atoms with Crippen molar-refractivity contribution in [2.45, 2.75) is 45.4 Å². The van der Waals surface area contributed by atoms with Crippen molar-refractivity contribution in [3.8, 4) is 5.75 Å². The van der Waals surface area contributed by atoms with Crippen LogP contribution in [-0.4, -0.2) is 6.61 Å². The summed E-state index contributed by atoms with van der Waals surface area (Å²) in [6.07, 6.45) is 6.93. The topological polar surface area (TPSA) is 9.23 Å². The minimum Gasteiger partial charge on any atom is -0.493 e. The predicted molar refractivity (Wildman–Crippen MR) is 69.8 cm³/mol. The summed E-state index contributed by atoms with van der Waals surface area (Å²) >= 11 is 0. The first-order valence-electron chi connectivity index (χ1n) is 6.38. The Morgan fingerprint density at radius 2 is 1.94 bits per heavy atom. The quantitative estimate of drug-likeness (QED) is 0.588. The van der Waals surface area contributed by atoms with Gasteiger partial charge >= 0.3 is 0 Å². The van der Waals surface area contributed by atoms with E-state index in [1.54, 1.807) is 0 Å². The van der Waals surface area contributed by atoms with Gasteiger partial charge in [0.1, 0.15) is 5.75 Å². The van der Waals surface area contributed by atoms with Gasteiger partial charge in [-0.3, -0.25) is 0 Å². The van der Waals surface area contributed by atoms with Crippen molar-refractivity contribution in [2.24, 2.45) is 0 Å². The summed E-state index contributed by atoms with van der Waals surface area (Å²) < 4.78 is 5.77. The highest BCUT2D eigenvalue weighted by Gasteiger charge is 2.01. The Kier molecular flexibility index (Phi) is 6.71. The van der Waals surface area contributed by atoms with E-state index in [0.717, 1.165) is 31.6 Å². The van der Waals surface area contributed by atoms with E-state index in [-0.39, 0.29) is 0 Å². The molecular weight excluding hydrogens is 196 g/mol. The monoisotopic (exact) mass is 219 g/mol. The summed E-state index contributed by atoms with van der Waals surface area (Å²) in [4.78, 5) is 0. The molecule has 0 fully saturated rings. The average Bonchev–Trinajstić information content (AvgIpc) is 2.32. The molecule has 0 unspecified atom stereocenters. The Hall–Kier alpha value is -0.980. The third-order valence-electron chi connectivity index (χ3n) is 2.67. The van der Waals surface area contributed by atoms with Gasteiger partial charge in [0.05, 0.1) is 6.61 Å². The Morgan fingerprint density at radius 1 is 1.12 bits per heavy atom. The Balaban J connectivity index is 2.46. The SMILES string of the molecule is [CH2]CCCOc1ccccc1CCCCC. The van der Waals surface area contributed by atoms with E-state index in [9.17, 15) is 0 Å². The van der Waals surface area contributed by atoms with E-state index in [4.69, 9.17) is 4.74 Å². The molecular formula is C15H23O. The van der Waals surface area contributed by atoms with E-state index in [1.807, 2.05) is 6.07 Å². The molecule has 1 heteroatoms. The van der Waals surface area contributed by atoms with Crippen LogP contribution in [0, 0.1) is 6.92 Å². The second-order valence-corrected chi connectivity index (χ2v) is 4.12. The number of benzene rings is 1. The molecule has 0 saturated heterocycles. The fraction of sp³-hybridized carbons (Fsp3) is 0.533. The van der Waals surface area contributed by atoms with Crippen molar-refractivity contribution in [2.75, 3.05) is 6.61 Å². The molecule has 0 aliphatic carbocycles. The normalized spacial score (nSPS) is 10.4. The lowest BCUT2D eigenvalue weighted by atomic mass is 10.1. The smallest absolute Gasteiger partial charge is 0.122 e. The van der Waals surface area contributed by atoms with Crippen molar-refractivity contribution < 1.29 is 4.74 Å². The van der Waals surface area contributed by atoms with Gasteiger partial charge in [-0.25, -0.2) is 0 Å².